The zero-order valence-corrected chi connectivity index (χ0v) is 7.76. The molecule has 0 aromatic carbocycles. The number of carbonyl (C=O) groups excluding carboxylic acids is 1. The second-order valence-electron chi connectivity index (χ2n) is 3.04. The molecule has 0 aliphatic carbocycles. The van der Waals surface area contributed by atoms with Gasteiger partial charge in [-0.05, 0) is 12.8 Å². The van der Waals surface area contributed by atoms with Gasteiger partial charge in [0.15, 0.2) is 6.29 Å². The summed E-state index contributed by atoms with van der Waals surface area (Å²) in [5, 5.41) is 0. The van der Waals surface area contributed by atoms with Gasteiger partial charge in [0.25, 0.3) is 0 Å². The molecule has 0 radical (unpaired) electrons. The van der Waals surface area contributed by atoms with Gasteiger partial charge in [-0.25, -0.2) is 4.99 Å². The molecule has 1 aliphatic rings. The summed E-state index contributed by atoms with van der Waals surface area (Å²) in [6.45, 7) is 4.25. The van der Waals surface area contributed by atoms with Crippen molar-refractivity contribution in [2.24, 2.45) is 4.99 Å². The lowest BCUT2D eigenvalue weighted by Crippen LogP contribution is -2.15. The molecule has 0 unspecified atom stereocenters. The molecule has 66 valence electrons. The van der Waals surface area contributed by atoms with E-state index < -0.39 is 0 Å². The van der Waals surface area contributed by atoms with E-state index in [9.17, 15) is 4.79 Å². The number of aldehydes is 1. The highest BCUT2D eigenvalue weighted by Gasteiger charge is 2.19. The van der Waals surface area contributed by atoms with Crippen LogP contribution in [0.25, 0.3) is 0 Å². The summed E-state index contributed by atoms with van der Waals surface area (Å²) in [5.41, 5.74) is 3.04. The summed E-state index contributed by atoms with van der Waals surface area (Å²) in [6.07, 6.45) is 5.09. The quantitative estimate of drug-likeness (QED) is 0.575. The lowest BCUT2D eigenvalue weighted by Gasteiger charge is -2.18. The summed E-state index contributed by atoms with van der Waals surface area (Å²) in [4.78, 5) is 14.6. The maximum Gasteiger partial charge on any atom is 0.168 e. The summed E-state index contributed by atoms with van der Waals surface area (Å²) < 4.78 is 0. The fraction of sp³-hybridized carbons (Fsp3) is 0.600. The highest BCUT2D eigenvalue weighted by Crippen LogP contribution is 2.24. The molecule has 0 N–H and O–H groups in total. The molecular formula is C10H15NO. The fourth-order valence-electron chi connectivity index (χ4n) is 1.44. The van der Waals surface area contributed by atoms with Gasteiger partial charge in [-0.1, -0.05) is 26.7 Å². The average Bonchev–Trinajstić information content (AvgIpc) is 2.07. The second kappa shape index (κ2) is 4.19. The van der Waals surface area contributed by atoms with Crippen molar-refractivity contribution >= 4 is 12.0 Å². The Labute approximate surface area is 73.4 Å². The van der Waals surface area contributed by atoms with Crippen molar-refractivity contribution in [1.82, 2.24) is 0 Å². The van der Waals surface area contributed by atoms with Crippen molar-refractivity contribution in [3.8, 4) is 0 Å². The molecule has 12 heavy (non-hydrogen) atoms. The number of aliphatic imine (C=N–C) groups is 1. The maximum atomic E-state index is 10.5. The SMILES string of the molecule is CCCC1=NC(C=O)=C1CCC. The molecule has 0 spiro atoms. The van der Waals surface area contributed by atoms with Gasteiger partial charge < -0.3 is 0 Å². The Morgan fingerprint density at radius 1 is 1.25 bits per heavy atom. The zero-order valence-electron chi connectivity index (χ0n) is 7.76. The van der Waals surface area contributed by atoms with Crippen LogP contribution in [0.3, 0.4) is 0 Å². The lowest BCUT2D eigenvalue weighted by molar-refractivity contribution is -0.105. The van der Waals surface area contributed by atoms with E-state index in [1.807, 2.05) is 0 Å². The van der Waals surface area contributed by atoms with E-state index in [-0.39, 0.29) is 0 Å². The number of hydrogen-bond acceptors (Lipinski definition) is 2. The van der Waals surface area contributed by atoms with Crippen LogP contribution in [0.15, 0.2) is 16.3 Å². The zero-order chi connectivity index (χ0) is 8.97. The highest BCUT2D eigenvalue weighted by atomic mass is 16.1. The van der Waals surface area contributed by atoms with Crippen molar-refractivity contribution in [2.75, 3.05) is 0 Å². The Balaban J connectivity index is 2.56. The molecule has 0 saturated carbocycles. The number of rotatable bonds is 5. The largest absolute Gasteiger partial charge is 0.296 e. The van der Waals surface area contributed by atoms with Crippen LogP contribution < -0.4 is 0 Å². The van der Waals surface area contributed by atoms with E-state index in [1.165, 1.54) is 5.57 Å². The van der Waals surface area contributed by atoms with Crippen molar-refractivity contribution in [1.29, 1.82) is 0 Å². The molecule has 0 aromatic rings. The van der Waals surface area contributed by atoms with E-state index in [1.54, 1.807) is 0 Å². The second-order valence-corrected chi connectivity index (χ2v) is 3.04. The van der Waals surface area contributed by atoms with E-state index in [0.29, 0.717) is 5.70 Å². The van der Waals surface area contributed by atoms with Crippen LogP contribution in [0, 0.1) is 0 Å². The van der Waals surface area contributed by atoms with Crippen LogP contribution in [0.1, 0.15) is 39.5 Å². The third-order valence-corrected chi connectivity index (χ3v) is 2.01. The predicted octanol–water partition coefficient (Wildman–Crippen LogP) is 2.49. The van der Waals surface area contributed by atoms with E-state index in [0.717, 1.165) is 37.7 Å². The van der Waals surface area contributed by atoms with Crippen molar-refractivity contribution in [3.63, 3.8) is 0 Å². The average molecular weight is 165 g/mol. The minimum absolute atomic E-state index is 0.681. The van der Waals surface area contributed by atoms with Crippen LogP contribution in [-0.2, 0) is 4.79 Å². The normalized spacial score (nSPS) is 15.7. The Hall–Kier alpha value is -0.920. The van der Waals surface area contributed by atoms with Gasteiger partial charge in [0.2, 0.25) is 0 Å². The third kappa shape index (κ3) is 1.63. The van der Waals surface area contributed by atoms with Crippen molar-refractivity contribution in [3.05, 3.63) is 11.3 Å². The first-order chi connectivity index (χ1) is 5.83. The Morgan fingerprint density at radius 2 is 1.92 bits per heavy atom. The van der Waals surface area contributed by atoms with Gasteiger partial charge >= 0.3 is 0 Å². The van der Waals surface area contributed by atoms with Gasteiger partial charge in [0, 0.05) is 11.3 Å². The Kier molecular flexibility index (Phi) is 3.20. The first kappa shape index (κ1) is 9.17. The summed E-state index contributed by atoms with van der Waals surface area (Å²) in [5.74, 6) is 0. The molecule has 0 bridgehead atoms. The molecule has 0 fully saturated rings. The number of allylic oxidation sites excluding steroid dienone is 2. The standard InChI is InChI=1S/C10H15NO/c1-3-5-8-9(6-4-2)11-10(8)7-12/h7H,3-6H2,1-2H3. The number of nitrogens with zero attached hydrogens (tertiary/aromatic N) is 1. The molecule has 2 heteroatoms. The maximum absolute atomic E-state index is 10.5. The van der Waals surface area contributed by atoms with Crippen molar-refractivity contribution < 1.29 is 4.79 Å². The van der Waals surface area contributed by atoms with Crippen LogP contribution in [0.5, 0.6) is 0 Å². The van der Waals surface area contributed by atoms with E-state index >= 15 is 0 Å². The smallest absolute Gasteiger partial charge is 0.168 e. The minimum Gasteiger partial charge on any atom is -0.296 e. The first-order valence-electron chi connectivity index (χ1n) is 4.59. The van der Waals surface area contributed by atoms with Gasteiger partial charge in [0.1, 0.15) is 5.70 Å². The van der Waals surface area contributed by atoms with Crippen LogP contribution in [-0.4, -0.2) is 12.0 Å². The third-order valence-electron chi connectivity index (χ3n) is 2.01. The van der Waals surface area contributed by atoms with Crippen LogP contribution >= 0.6 is 0 Å². The number of hydrogen-bond donors (Lipinski definition) is 0. The molecule has 1 heterocycles. The lowest BCUT2D eigenvalue weighted by atomic mass is 9.95. The summed E-state index contributed by atoms with van der Waals surface area (Å²) in [6, 6.07) is 0. The topological polar surface area (TPSA) is 29.4 Å². The van der Waals surface area contributed by atoms with Gasteiger partial charge in [0.05, 0.1) is 0 Å². The Morgan fingerprint density at radius 3 is 2.42 bits per heavy atom. The molecule has 0 saturated heterocycles. The van der Waals surface area contributed by atoms with Crippen LogP contribution in [0.4, 0.5) is 0 Å². The molecule has 0 amide bonds. The predicted molar refractivity (Wildman–Crippen MR) is 50.3 cm³/mol. The van der Waals surface area contributed by atoms with E-state index in [2.05, 4.69) is 18.8 Å². The first-order valence-corrected chi connectivity index (χ1v) is 4.59. The van der Waals surface area contributed by atoms with E-state index in [4.69, 9.17) is 0 Å². The molecular weight excluding hydrogens is 150 g/mol. The number of carbonyl (C=O) groups is 1. The minimum atomic E-state index is 0.681. The highest BCUT2D eigenvalue weighted by molar-refractivity contribution is 6.11. The fourth-order valence-corrected chi connectivity index (χ4v) is 1.44. The Bertz CT molecular complexity index is 238. The van der Waals surface area contributed by atoms with Gasteiger partial charge in [-0.15, -0.1) is 0 Å². The van der Waals surface area contributed by atoms with Crippen molar-refractivity contribution in [2.45, 2.75) is 39.5 Å². The summed E-state index contributed by atoms with van der Waals surface area (Å²) >= 11 is 0. The van der Waals surface area contributed by atoms with Gasteiger partial charge in [-0.3, -0.25) is 4.79 Å². The van der Waals surface area contributed by atoms with Crippen LogP contribution in [0.2, 0.25) is 0 Å². The van der Waals surface area contributed by atoms with Gasteiger partial charge in [-0.2, -0.15) is 0 Å². The molecule has 2 nitrogen and oxygen atoms in total. The summed E-state index contributed by atoms with van der Waals surface area (Å²) in [7, 11) is 0. The monoisotopic (exact) mass is 165 g/mol. The molecule has 1 aliphatic heterocycles. The molecule has 0 atom stereocenters. The molecule has 1 rings (SSSR count). The molecule has 0 aromatic heterocycles.